The average Bonchev–Trinajstić information content (AvgIpc) is 3.26. The van der Waals surface area contributed by atoms with E-state index in [9.17, 15) is 4.39 Å². The van der Waals surface area contributed by atoms with Crippen LogP contribution in [0, 0.1) is 17.7 Å². The summed E-state index contributed by atoms with van der Waals surface area (Å²) in [4.78, 5) is 2.22. The predicted molar refractivity (Wildman–Crippen MR) is 75.5 cm³/mol. The summed E-state index contributed by atoms with van der Waals surface area (Å²) in [5.41, 5.74) is 1.37. The van der Waals surface area contributed by atoms with Crippen LogP contribution in [-0.4, -0.2) is 40.9 Å². The third kappa shape index (κ3) is 4.31. The number of benzene rings is 1. The first kappa shape index (κ1) is 15.0. The number of aliphatic hydroxyl groups is 2. The molecule has 20 heavy (non-hydrogen) atoms. The zero-order chi connectivity index (χ0) is 14.4. The molecule has 0 spiro atoms. The van der Waals surface area contributed by atoms with Gasteiger partial charge in [0.1, 0.15) is 5.82 Å². The zero-order valence-corrected chi connectivity index (χ0v) is 11.5. The summed E-state index contributed by atoms with van der Waals surface area (Å²) in [6, 6.07) is 5.50. The summed E-state index contributed by atoms with van der Waals surface area (Å²) in [5, 5.41) is 17.8. The SMILES string of the molecule is OCCC#Cc1cc(CN(CCO)C2CC2)ccc1F. The van der Waals surface area contributed by atoms with E-state index in [1.165, 1.54) is 18.9 Å². The number of hydrogen-bond donors (Lipinski definition) is 2. The van der Waals surface area contributed by atoms with Gasteiger partial charge in [0.25, 0.3) is 0 Å². The van der Waals surface area contributed by atoms with Crippen molar-refractivity contribution < 1.29 is 14.6 Å². The molecule has 1 saturated carbocycles. The molecule has 1 fully saturated rings. The lowest BCUT2D eigenvalue weighted by molar-refractivity contribution is 0.183. The minimum absolute atomic E-state index is 0.0136. The lowest BCUT2D eigenvalue weighted by Crippen LogP contribution is -2.28. The predicted octanol–water partition coefficient (Wildman–Crippen LogP) is 1.52. The summed E-state index contributed by atoms with van der Waals surface area (Å²) in [7, 11) is 0. The van der Waals surface area contributed by atoms with E-state index in [1.54, 1.807) is 12.1 Å². The molecule has 0 radical (unpaired) electrons. The van der Waals surface area contributed by atoms with Crippen LogP contribution in [0.1, 0.15) is 30.4 Å². The Labute approximate surface area is 119 Å². The molecular formula is C16H20FNO2. The van der Waals surface area contributed by atoms with Gasteiger partial charge in [0.05, 0.1) is 18.8 Å². The molecule has 1 aliphatic carbocycles. The van der Waals surface area contributed by atoms with Crippen LogP contribution in [0.3, 0.4) is 0 Å². The van der Waals surface area contributed by atoms with Crippen LogP contribution in [0.2, 0.25) is 0 Å². The summed E-state index contributed by atoms with van der Waals surface area (Å²) in [6.45, 7) is 1.48. The molecule has 2 rings (SSSR count). The maximum Gasteiger partial charge on any atom is 0.138 e. The van der Waals surface area contributed by atoms with E-state index in [-0.39, 0.29) is 19.0 Å². The highest BCUT2D eigenvalue weighted by Crippen LogP contribution is 2.28. The van der Waals surface area contributed by atoms with Crippen molar-refractivity contribution >= 4 is 0 Å². The van der Waals surface area contributed by atoms with Gasteiger partial charge in [-0.3, -0.25) is 4.90 Å². The van der Waals surface area contributed by atoms with Crippen LogP contribution < -0.4 is 0 Å². The first-order valence-electron chi connectivity index (χ1n) is 6.97. The molecule has 0 aromatic heterocycles. The fourth-order valence-electron chi connectivity index (χ4n) is 2.17. The molecule has 3 nitrogen and oxygen atoms in total. The third-order valence-corrected chi connectivity index (χ3v) is 3.33. The van der Waals surface area contributed by atoms with Crippen molar-refractivity contribution in [2.75, 3.05) is 19.8 Å². The number of halogens is 1. The topological polar surface area (TPSA) is 43.7 Å². The summed E-state index contributed by atoms with van der Waals surface area (Å²) in [6.07, 6.45) is 2.69. The normalized spacial score (nSPS) is 14.2. The average molecular weight is 277 g/mol. The maximum atomic E-state index is 13.6. The molecule has 1 aromatic rings. The van der Waals surface area contributed by atoms with E-state index in [0.29, 0.717) is 31.1 Å². The van der Waals surface area contributed by atoms with Crippen molar-refractivity contribution in [2.45, 2.75) is 31.8 Å². The zero-order valence-electron chi connectivity index (χ0n) is 11.5. The van der Waals surface area contributed by atoms with Crippen LogP contribution in [0.25, 0.3) is 0 Å². The van der Waals surface area contributed by atoms with E-state index in [1.807, 2.05) is 0 Å². The summed E-state index contributed by atoms with van der Waals surface area (Å²) in [5.74, 6) is 5.16. The van der Waals surface area contributed by atoms with Gasteiger partial charge in [-0.25, -0.2) is 4.39 Å². The summed E-state index contributed by atoms with van der Waals surface area (Å²) >= 11 is 0. The Kier molecular flexibility index (Phi) is 5.54. The van der Waals surface area contributed by atoms with Crippen LogP contribution in [0.5, 0.6) is 0 Å². The molecule has 2 N–H and O–H groups in total. The molecule has 0 saturated heterocycles. The van der Waals surface area contributed by atoms with Gasteiger partial charge < -0.3 is 10.2 Å². The fourth-order valence-corrected chi connectivity index (χ4v) is 2.17. The molecule has 0 atom stereocenters. The Morgan fingerprint density at radius 2 is 2.05 bits per heavy atom. The minimum Gasteiger partial charge on any atom is -0.395 e. The maximum absolute atomic E-state index is 13.6. The molecule has 1 aromatic carbocycles. The molecule has 0 heterocycles. The van der Waals surface area contributed by atoms with Gasteiger partial charge >= 0.3 is 0 Å². The second-order valence-corrected chi connectivity index (χ2v) is 5.01. The van der Waals surface area contributed by atoms with Crippen molar-refractivity contribution in [3.8, 4) is 11.8 Å². The smallest absolute Gasteiger partial charge is 0.138 e. The molecule has 4 heteroatoms. The number of hydrogen-bond acceptors (Lipinski definition) is 3. The number of rotatable bonds is 6. The lowest BCUT2D eigenvalue weighted by atomic mass is 10.1. The molecule has 0 bridgehead atoms. The molecule has 1 aliphatic rings. The van der Waals surface area contributed by atoms with Crippen molar-refractivity contribution in [1.29, 1.82) is 0 Å². The van der Waals surface area contributed by atoms with Crippen molar-refractivity contribution in [3.05, 3.63) is 35.1 Å². The molecule has 0 amide bonds. The van der Waals surface area contributed by atoms with Crippen LogP contribution >= 0.6 is 0 Å². The van der Waals surface area contributed by atoms with Gasteiger partial charge in [-0.2, -0.15) is 0 Å². The van der Waals surface area contributed by atoms with E-state index >= 15 is 0 Å². The highest BCUT2D eigenvalue weighted by Gasteiger charge is 2.28. The first-order chi connectivity index (χ1) is 9.74. The quantitative estimate of drug-likeness (QED) is 0.775. The van der Waals surface area contributed by atoms with E-state index in [4.69, 9.17) is 10.2 Å². The van der Waals surface area contributed by atoms with Crippen LogP contribution in [0.15, 0.2) is 18.2 Å². The Hall–Kier alpha value is -1.41. The fraction of sp³-hybridized carbons (Fsp3) is 0.500. The number of nitrogens with zero attached hydrogens (tertiary/aromatic N) is 1. The Morgan fingerprint density at radius 3 is 2.70 bits per heavy atom. The number of aliphatic hydroxyl groups excluding tert-OH is 2. The Bertz CT molecular complexity index is 503. The second-order valence-electron chi connectivity index (χ2n) is 5.01. The third-order valence-electron chi connectivity index (χ3n) is 3.33. The van der Waals surface area contributed by atoms with Crippen LogP contribution in [-0.2, 0) is 6.54 Å². The van der Waals surface area contributed by atoms with E-state index in [0.717, 1.165) is 5.56 Å². The molecule has 0 aliphatic heterocycles. The minimum atomic E-state index is -0.334. The van der Waals surface area contributed by atoms with Gasteiger partial charge in [0.15, 0.2) is 0 Å². The Balaban J connectivity index is 2.08. The highest BCUT2D eigenvalue weighted by molar-refractivity contribution is 5.38. The van der Waals surface area contributed by atoms with Gasteiger partial charge in [0.2, 0.25) is 0 Å². The van der Waals surface area contributed by atoms with Crippen molar-refractivity contribution in [3.63, 3.8) is 0 Å². The highest BCUT2D eigenvalue weighted by atomic mass is 19.1. The van der Waals surface area contributed by atoms with Gasteiger partial charge in [-0.1, -0.05) is 17.9 Å². The van der Waals surface area contributed by atoms with Gasteiger partial charge in [0, 0.05) is 25.6 Å². The standard InChI is InChI=1S/C16H20FNO2/c17-16-7-4-13(11-14(16)3-1-2-9-19)12-18(8-10-20)15-5-6-15/h4,7,11,15,19-20H,2,5-6,8-10,12H2. The first-order valence-corrected chi connectivity index (χ1v) is 6.97. The van der Waals surface area contributed by atoms with Gasteiger partial charge in [-0.15, -0.1) is 0 Å². The second kappa shape index (κ2) is 7.39. The molecule has 108 valence electrons. The molecular weight excluding hydrogens is 257 g/mol. The largest absolute Gasteiger partial charge is 0.395 e. The monoisotopic (exact) mass is 277 g/mol. The van der Waals surface area contributed by atoms with Gasteiger partial charge in [-0.05, 0) is 30.5 Å². The summed E-state index contributed by atoms with van der Waals surface area (Å²) < 4.78 is 13.6. The lowest BCUT2D eigenvalue weighted by Gasteiger charge is -2.20. The van der Waals surface area contributed by atoms with Crippen molar-refractivity contribution in [1.82, 2.24) is 4.90 Å². The van der Waals surface area contributed by atoms with E-state index < -0.39 is 0 Å². The molecule has 0 unspecified atom stereocenters. The van der Waals surface area contributed by atoms with Crippen LogP contribution in [0.4, 0.5) is 4.39 Å². The van der Waals surface area contributed by atoms with Crippen molar-refractivity contribution in [2.24, 2.45) is 0 Å². The Morgan fingerprint density at radius 1 is 1.25 bits per heavy atom. The van der Waals surface area contributed by atoms with E-state index in [2.05, 4.69) is 16.7 Å².